The molecule has 0 amide bonds. The zero-order chi connectivity index (χ0) is 13.5. The van der Waals surface area contributed by atoms with E-state index in [9.17, 15) is 10.2 Å². The lowest BCUT2D eigenvalue weighted by atomic mass is 9.54. The summed E-state index contributed by atoms with van der Waals surface area (Å²) in [6.07, 6.45) is 5.08. The van der Waals surface area contributed by atoms with Gasteiger partial charge in [-0.15, -0.1) is 0 Å². The van der Waals surface area contributed by atoms with Crippen LogP contribution in [0.5, 0.6) is 11.5 Å². The molecule has 2 aliphatic carbocycles. The number of phenols is 1. The largest absolute Gasteiger partial charge is 0.504 e. The monoisotopic (exact) mass is 271 g/mol. The molecule has 5 atom stereocenters. The van der Waals surface area contributed by atoms with Crippen LogP contribution in [-0.2, 0) is 11.8 Å². The van der Waals surface area contributed by atoms with E-state index in [-0.39, 0.29) is 17.3 Å². The lowest BCUT2D eigenvalue weighted by Crippen LogP contribution is -2.64. The fourth-order valence-electron chi connectivity index (χ4n) is 4.98. The van der Waals surface area contributed by atoms with Crippen LogP contribution < -0.4 is 10.1 Å². The molecule has 1 aromatic rings. The molecule has 104 valence electrons. The highest BCUT2D eigenvalue weighted by Crippen LogP contribution is 2.61. The van der Waals surface area contributed by atoms with Crippen LogP contribution in [0.3, 0.4) is 0 Å². The van der Waals surface area contributed by atoms with Crippen LogP contribution in [-0.4, -0.2) is 35.0 Å². The molecule has 4 heteroatoms. The summed E-state index contributed by atoms with van der Waals surface area (Å²) in [4.78, 5) is 0. The average molecular weight is 271 g/mol. The summed E-state index contributed by atoms with van der Waals surface area (Å²) < 4.78 is 6.04. The van der Waals surface area contributed by atoms with E-state index >= 15 is 0 Å². The predicted molar refractivity (Wildman–Crippen MR) is 72.9 cm³/mol. The Morgan fingerprint density at radius 3 is 3.10 bits per heavy atom. The molecule has 1 spiro atoms. The first-order valence-electron chi connectivity index (χ1n) is 7.33. The third-order valence-electron chi connectivity index (χ3n) is 5.68. The third-order valence-corrected chi connectivity index (χ3v) is 5.68. The Hall–Kier alpha value is -1.52. The Bertz CT molecular complexity index is 641. The molecule has 4 nitrogen and oxygen atoms in total. The maximum Gasteiger partial charge on any atom is 0.165 e. The number of piperidine rings is 1. The Morgan fingerprint density at radius 1 is 1.30 bits per heavy atom. The number of benzene rings is 1. The van der Waals surface area contributed by atoms with Crippen LogP contribution in [0.1, 0.15) is 17.5 Å². The van der Waals surface area contributed by atoms with Crippen molar-refractivity contribution in [3.05, 3.63) is 35.4 Å². The van der Waals surface area contributed by atoms with Crippen LogP contribution in [0.2, 0.25) is 0 Å². The van der Waals surface area contributed by atoms with Crippen LogP contribution >= 0.6 is 0 Å². The van der Waals surface area contributed by atoms with Gasteiger partial charge in [0, 0.05) is 22.9 Å². The number of aliphatic hydroxyl groups is 1. The van der Waals surface area contributed by atoms with E-state index in [4.69, 9.17) is 4.74 Å². The Morgan fingerprint density at radius 2 is 2.20 bits per heavy atom. The maximum atomic E-state index is 10.4. The summed E-state index contributed by atoms with van der Waals surface area (Å²) >= 11 is 0. The standard InChI is InChI=1S/C16H17NO3/c18-11-3-1-8-7-10-9-2-4-12(19)15-16(9,5-6-17-10)13(8)14(11)20-15/h1-4,9-10,12,15,17-19H,5-7H2. The average Bonchev–Trinajstić information content (AvgIpc) is 2.78. The fraction of sp³-hybridized carbons (Fsp3) is 0.500. The molecule has 1 saturated heterocycles. The van der Waals surface area contributed by atoms with Gasteiger partial charge in [0.15, 0.2) is 11.5 Å². The van der Waals surface area contributed by atoms with Crippen molar-refractivity contribution in [2.45, 2.75) is 36.5 Å². The SMILES string of the molecule is Oc1ccc2c3c1OC1C(O)C=CC4C(C2)NCCC341. The highest BCUT2D eigenvalue weighted by atomic mass is 16.5. The Balaban J connectivity index is 1.86. The number of hydrogen-bond acceptors (Lipinski definition) is 4. The minimum absolute atomic E-state index is 0.161. The molecule has 1 fully saturated rings. The number of phenolic OH excluding ortho intramolecular Hbond substituents is 1. The highest BCUT2D eigenvalue weighted by molar-refractivity contribution is 5.61. The minimum Gasteiger partial charge on any atom is -0.504 e. The van der Waals surface area contributed by atoms with E-state index in [2.05, 4.69) is 11.4 Å². The van der Waals surface area contributed by atoms with Crippen LogP contribution in [0, 0.1) is 5.92 Å². The quantitative estimate of drug-likeness (QED) is 0.612. The van der Waals surface area contributed by atoms with Gasteiger partial charge in [-0.3, -0.25) is 0 Å². The van der Waals surface area contributed by atoms with E-state index in [0.29, 0.717) is 17.7 Å². The predicted octanol–water partition coefficient (Wildman–Crippen LogP) is 0.856. The van der Waals surface area contributed by atoms with Gasteiger partial charge < -0.3 is 20.3 Å². The molecular weight excluding hydrogens is 254 g/mol. The van der Waals surface area contributed by atoms with Crippen molar-refractivity contribution >= 4 is 0 Å². The zero-order valence-electron chi connectivity index (χ0n) is 11.0. The van der Waals surface area contributed by atoms with Crippen LogP contribution in [0.15, 0.2) is 24.3 Å². The molecule has 20 heavy (non-hydrogen) atoms. The number of aliphatic hydroxyl groups excluding tert-OH is 1. The van der Waals surface area contributed by atoms with Crippen LogP contribution in [0.4, 0.5) is 0 Å². The first-order chi connectivity index (χ1) is 9.72. The highest BCUT2D eigenvalue weighted by Gasteiger charge is 2.63. The van der Waals surface area contributed by atoms with Gasteiger partial charge in [-0.2, -0.15) is 0 Å². The van der Waals surface area contributed by atoms with E-state index < -0.39 is 6.10 Å². The summed E-state index contributed by atoms with van der Waals surface area (Å²) in [5.41, 5.74) is 2.26. The molecule has 3 N–H and O–H groups in total. The van der Waals surface area contributed by atoms with Gasteiger partial charge in [0.2, 0.25) is 0 Å². The summed E-state index contributed by atoms with van der Waals surface area (Å²) in [7, 11) is 0. The van der Waals surface area contributed by atoms with Crippen molar-refractivity contribution in [2.24, 2.45) is 5.92 Å². The summed E-state index contributed by atoms with van der Waals surface area (Å²) in [6.45, 7) is 0.941. The lowest BCUT2D eigenvalue weighted by molar-refractivity contribution is -0.0177. The third kappa shape index (κ3) is 1.04. The van der Waals surface area contributed by atoms with Gasteiger partial charge >= 0.3 is 0 Å². The van der Waals surface area contributed by atoms with Crippen molar-refractivity contribution in [3.8, 4) is 11.5 Å². The second-order valence-electron chi connectivity index (χ2n) is 6.44. The number of rotatable bonds is 0. The molecule has 0 radical (unpaired) electrons. The first-order valence-corrected chi connectivity index (χ1v) is 7.33. The molecule has 2 heterocycles. The van der Waals surface area contributed by atoms with Crippen molar-refractivity contribution in [1.29, 1.82) is 0 Å². The Labute approximate surface area is 117 Å². The van der Waals surface area contributed by atoms with Gasteiger partial charge in [-0.1, -0.05) is 18.2 Å². The summed E-state index contributed by atoms with van der Waals surface area (Å²) in [5.74, 6) is 1.16. The fourth-order valence-corrected chi connectivity index (χ4v) is 4.98. The number of hydrogen-bond donors (Lipinski definition) is 3. The van der Waals surface area contributed by atoms with Gasteiger partial charge in [0.25, 0.3) is 0 Å². The van der Waals surface area contributed by atoms with Gasteiger partial charge in [-0.05, 0) is 31.0 Å². The van der Waals surface area contributed by atoms with Crippen molar-refractivity contribution in [2.75, 3.05) is 6.54 Å². The van der Waals surface area contributed by atoms with Gasteiger partial charge in [0.05, 0.1) is 0 Å². The molecule has 2 bridgehead atoms. The van der Waals surface area contributed by atoms with E-state index in [1.807, 2.05) is 12.1 Å². The molecule has 5 rings (SSSR count). The minimum atomic E-state index is -0.595. The number of aromatic hydroxyl groups is 1. The molecular formula is C16H17NO3. The first kappa shape index (κ1) is 11.2. The van der Waals surface area contributed by atoms with Crippen LogP contribution in [0.25, 0.3) is 0 Å². The van der Waals surface area contributed by atoms with E-state index in [1.165, 1.54) is 5.56 Å². The second-order valence-corrected chi connectivity index (χ2v) is 6.44. The molecule has 4 aliphatic rings. The zero-order valence-corrected chi connectivity index (χ0v) is 11.0. The van der Waals surface area contributed by atoms with Gasteiger partial charge in [0.1, 0.15) is 12.2 Å². The maximum absolute atomic E-state index is 10.4. The number of ether oxygens (including phenoxy) is 1. The van der Waals surface area contributed by atoms with Crippen molar-refractivity contribution in [1.82, 2.24) is 5.32 Å². The molecule has 5 unspecified atom stereocenters. The molecule has 2 aliphatic heterocycles. The van der Waals surface area contributed by atoms with E-state index in [1.54, 1.807) is 6.07 Å². The second kappa shape index (κ2) is 3.38. The molecule has 0 saturated carbocycles. The lowest BCUT2D eigenvalue weighted by Gasteiger charge is -2.53. The topological polar surface area (TPSA) is 61.7 Å². The smallest absolute Gasteiger partial charge is 0.165 e. The van der Waals surface area contributed by atoms with E-state index in [0.717, 1.165) is 24.9 Å². The summed E-state index contributed by atoms with van der Waals surface area (Å²) in [6, 6.07) is 4.14. The Kier molecular flexibility index (Phi) is 1.89. The number of nitrogens with one attached hydrogen (secondary N) is 1. The van der Waals surface area contributed by atoms with Gasteiger partial charge in [-0.25, -0.2) is 0 Å². The molecule has 0 aromatic heterocycles. The molecule has 1 aromatic carbocycles. The van der Waals surface area contributed by atoms with Crippen molar-refractivity contribution < 1.29 is 14.9 Å². The van der Waals surface area contributed by atoms with Crippen molar-refractivity contribution in [3.63, 3.8) is 0 Å². The normalized spacial score (nSPS) is 43.0. The summed E-state index contributed by atoms with van der Waals surface area (Å²) in [5, 5.41) is 24.1.